The monoisotopic (exact) mass is 328 g/mol. The Morgan fingerprint density at radius 1 is 1.04 bits per heavy atom. The Bertz CT molecular complexity index is 732. The molecule has 0 amide bonds. The number of unbranched alkanes of at least 4 members (excludes halogenated alkanes) is 1. The average molecular weight is 328 g/mol. The first kappa shape index (κ1) is 18.3. The van der Waals surface area contributed by atoms with E-state index in [0.717, 1.165) is 65.5 Å². The van der Waals surface area contributed by atoms with Crippen LogP contribution in [0.4, 0.5) is 0 Å². The van der Waals surface area contributed by atoms with Crippen LogP contribution in [0.2, 0.25) is 0 Å². The lowest BCUT2D eigenvalue weighted by Gasteiger charge is -2.21. The smallest absolute Gasteiger partial charge is 0.308 e. The fraction of sp³-hybridized carbons (Fsp3) is 0.476. The van der Waals surface area contributed by atoms with Crippen LogP contribution in [-0.2, 0) is 24.1 Å². The van der Waals surface area contributed by atoms with Gasteiger partial charge in [-0.1, -0.05) is 45.4 Å². The predicted molar refractivity (Wildman–Crippen MR) is 99.2 cm³/mol. The molecule has 0 aliphatic rings. The van der Waals surface area contributed by atoms with Gasteiger partial charge in [0, 0.05) is 28.8 Å². The van der Waals surface area contributed by atoms with Crippen LogP contribution in [0.25, 0.3) is 10.8 Å². The summed E-state index contributed by atoms with van der Waals surface area (Å²) in [7, 11) is 1.72. The maximum atomic E-state index is 11.8. The standard InChI is InChI=1S/C21H28O3/c1-6-9-11-15-12-10-13-18-19(15)21(24-14(4)22)17(8-3)16(7-2)20(18)23-5/h10,12-13H,6-9,11H2,1-5H3. The van der Waals surface area contributed by atoms with Crippen molar-refractivity contribution in [3.05, 3.63) is 34.9 Å². The highest BCUT2D eigenvalue weighted by molar-refractivity contribution is 5.99. The van der Waals surface area contributed by atoms with Crippen molar-refractivity contribution >= 4 is 16.7 Å². The van der Waals surface area contributed by atoms with Crippen LogP contribution >= 0.6 is 0 Å². The van der Waals surface area contributed by atoms with Gasteiger partial charge in [0.05, 0.1) is 7.11 Å². The van der Waals surface area contributed by atoms with Gasteiger partial charge in [0.1, 0.15) is 11.5 Å². The number of ether oxygens (including phenoxy) is 2. The van der Waals surface area contributed by atoms with Crippen molar-refractivity contribution in [2.75, 3.05) is 7.11 Å². The zero-order valence-corrected chi connectivity index (χ0v) is 15.5. The van der Waals surface area contributed by atoms with Gasteiger partial charge in [0.15, 0.2) is 0 Å². The second-order valence-corrected chi connectivity index (χ2v) is 6.06. The van der Waals surface area contributed by atoms with Crippen LogP contribution in [0.5, 0.6) is 11.5 Å². The Labute approximate surface area is 145 Å². The van der Waals surface area contributed by atoms with E-state index in [4.69, 9.17) is 9.47 Å². The highest BCUT2D eigenvalue weighted by Gasteiger charge is 2.22. The number of carbonyl (C=O) groups is 1. The van der Waals surface area contributed by atoms with Gasteiger partial charge in [0.2, 0.25) is 0 Å². The van der Waals surface area contributed by atoms with Crippen LogP contribution in [-0.4, -0.2) is 13.1 Å². The quantitative estimate of drug-likeness (QED) is 0.515. The minimum atomic E-state index is -0.275. The molecule has 2 rings (SSSR count). The molecule has 0 atom stereocenters. The lowest BCUT2D eigenvalue weighted by molar-refractivity contribution is -0.131. The third-order valence-electron chi connectivity index (χ3n) is 4.49. The number of carbonyl (C=O) groups excluding carboxylic acids is 1. The third kappa shape index (κ3) is 3.40. The van der Waals surface area contributed by atoms with E-state index in [1.165, 1.54) is 12.5 Å². The molecule has 0 heterocycles. The van der Waals surface area contributed by atoms with Gasteiger partial charge < -0.3 is 9.47 Å². The number of aryl methyl sites for hydroxylation is 1. The number of hydrogen-bond acceptors (Lipinski definition) is 3. The molecule has 0 unspecified atom stereocenters. The maximum Gasteiger partial charge on any atom is 0.308 e. The predicted octanol–water partition coefficient (Wildman–Crippen LogP) is 5.24. The van der Waals surface area contributed by atoms with E-state index < -0.39 is 0 Å². The zero-order chi connectivity index (χ0) is 17.7. The van der Waals surface area contributed by atoms with Crippen LogP contribution in [0.15, 0.2) is 18.2 Å². The summed E-state index contributed by atoms with van der Waals surface area (Å²) in [5.74, 6) is 1.37. The minimum absolute atomic E-state index is 0.275. The van der Waals surface area contributed by atoms with E-state index in [9.17, 15) is 4.79 Å². The third-order valence-corrected chi connectivity index (χ3v) is 4.49. The molecule has 24 heavy (non-hydrogen) atoms. The number of rotatable bonds is 7. The number of benzene rings is 2. The molecule has 130 valence electrons. The molecule has 3 nitrogen and oxygen atoms in total. The van der Waals surface area contributed by atoms with Crippen molar-refractivity contribution in [1.29, 1.82) is 0 Å². The van der Waals surface area contributed by atoms with E-state index in [1.54, 1.807) is 7.11 Å². The number of hydrogen-bond donors (Lipinski definition) is 0. The molecule has 2 aromatic rings. The van der Waals surface area contributed by atoms with Crippen molar-refractivity contribution in [3.63, 3.8) is 0 Å². The Hall–Kier alpha value is -2.03. The van der Waals surface area contributed by atoms with E-state index in [2.05, 4.69) is 39.0 Å². The van der Waals surface area contributed by atoms with Gasteiger partial charge in [-0.2, -0.15) is 0 Å². The van der Waals surface area contributed by atoms with Gasteiger partial charge in [-0.25, -0.2) is 0 Å². The van der Waals surface area contributed by atoms with Crippen molar-refractivity contribution < 1.29 is 14.3 Å². The SMILES string of the molecule is CCCCc1cccc2c(OC)c(CC)c(CC)c(OC(C)=O)c12. The molecule has 0 spiro atoms. The highest BCUT2D eigenvalue weighted by Crippen LogP contribution is 2.43. The first-order valence-electron chi connectivity index (χ1n) is 8.90. The van der Waals surface area contributed by atoms with Crippen LogP contribution in [0.1, 0.15) is 57.2 Å². The summed E-state index contributed by atoms with van der Waals surface area (Å²) in [4.78, 5) is 11.8. The van der Waals surface area contributed by atoms with Crippen molar-refractivity contribution in [2.45, 2.75) is 59.8 Å². The largest absolute Gasteiger partial charge is 0.496 e. The van der Waals surface area contributed by atoms with Gasteiger partial charge in [-0.15, -0.1) is 0 Å². The zero-order valence-electron chi connectivity index (χ0n) is 15.5. The molecular formula is C21H28O3. The number of methoxy groups -OCH3 is 1. The van der Waals surface area contributed by atoms with Crippen LogP contribution in [0.3, 0.4) is 0 Å². The Morgan fingerprint density at radius 3 is 2.25 bits per heavy atom. The van der Waals surface area contributed by atoms with Gasteiger partial charge in [0.25, 0.3) is 0 Å². The highest BCUT2D eigenvalue weighted by atomic mass is 16.5. The molecule has 0 saturated heterocycles. The maximum absolute atomic E-state index is 11.8. The van der Waals surface area contributed by atoms with Crippen LogP contribution < -0.4 is 9.47 Å². The van der Waals surface area contributed by atoms with Gasteiger partial charge >= 0.3 is 5.97 Å². The topological polar surface area (TPSA) is 35.5 Å². The molecule has 0 aliphatic carbocycles. The van der Waals surface area contributed by atoms with Crippen LogP contribution in [0, 0.1) is 0 Å². The van der Waals surface area contributed by atoms with E-state index in [1.807, 2.05) is 0 Å². The first-order chi connectivity index (χ1) is 11.6. The normalized spacial score (nSPS) is 10.9. The fourth-order valence-corrected chi connectivity index (χ4v) is 3.46. The molecule has 0 aromatic heterocycles. The Balaban J connectivity index is 2.90. The number of esters is 1. The number of fused-ring (bicyclic) bond motifs is 1. The average Bonchev–Trinajstić information content (AvgIpc) is 2.58. The van der Waals surface area contributed by atoms with Crippen molar-refractivity contribution in [3.8, 4) is 11.5 Å². The van der Waals surface area contributed by atoms with Crippen molar-refractivity contribution in [1.82, 2.24) is 0 Å². The molecule has 2 aromatic carbocycles. The molecular weight excluding hydrogens is 300 g/mol. The van der Waals surface area contributed by atoms with E-state index in [-0.39, 0.29) is 5.97 Å². The summed E-state index contributed by atoms with van der Waals surface area (Å²) >= 11 is 0. The van der Waals surface area contributed by atoms with Crippen molar-refractivity contribution in [2.24, 2.45) is 0 Å². The first-order valence-corrected chi connectivity index (χ1v) is 8.90. The molecule has 0 radical (unpaired) electrons. The summed E-state index contributed by atoms with van der Waals surface area (Å²) in [6.07, 6.45) is 4.86. The second kappa shape index (κ2) is 8.18. The van der Waals surface area contributed by atoms with Gasteiger partial charge in [-0.05, 0) is 31.2 Å². The summed E-state index contributed by atoms with van der Waals surface area (Å²) in [6.45, 7) is 7.86. The van der Waals surface area contributed by atoms with E-state index >= 15 is 0 Å². The molecule has 0 N–H and O–H groups in total. The summed E-state index contributed by atoms with van der Waals surface area (Å²) < 4.78 is 11.5. The fourth-order valence-electron chi connectivity index (χ4n) is 3.46. The molecule has 0 saturated carbocycles. The van der Waals surface area contributed by atoms with Gasteiger partial charge in [-0.3, -0.25) is 4.79 Å². The lowest BCUT2D eigenvalue weighted by atomic mass is 9.91. The molecule has 0 aliphatic heterocycles. The minimum Gasteiger partial charge on any atom is -0.496 e. The summed E-state index contributed by atoms with van der Waals surface area (Å²) in [6, 6.07) is 6.27. The molecule has 0 bridgehead atoms. The molecule has 0 fully saturated rings. The molecule has 3 heteroatoms. The summed E-state index contributed by atoms with van der Waals surface area (Å²) in [5, 5.41) is 2.07. The Kier molecular flexibility index (Phi) is 6.24. The summed E-state index contributed by atoms with van der Waals surface area (Å²) in [5.41, 5.74) is 3.44. The lowest BCUT2D eigenvalue weighted by Crippen LogP contribution is -2.09. The Morgan fingerprint density at radius 2 is 1.71 bits per heavy atom. The van der Waals surface area contributed by atoms with E-state index in [0.29, 0.717) is 0 Å². The second-order valence-electron chi connectivity index (χ2n) is 6.06.